The van der Waals surface area contributed by atoms with Crippen molar-refractivity contribution in [3.8, 4) is 5.75 Å². The number of carbonyl (C=O) groups excluding carboxylic acids is 1. The molecule has 4 heteroatoms. The lowest BCUT2D eigenvalue weighted by molar-refractivity contribution is -0.120. The van der Waals surface area contributed by atoms with Crippen molar-refractivity contribution in [1.29, 1.82) is 0 Å². The number of hydrogen-bond donors (Lipinski definition) is 2. The summed E-state index contributed by atoms with van der Waals surface area (Å²) in [7, 11) is 0. The SMILES string of the molecule is CC(C)c1ccc(C[C@]2(C)Cc3cc(CC(=O)NCCO)ccc3O2)cc1. The fraction of sp³-hybridized carbons (Fsp3) is 0.435. The van der Waals surface area contributed by atoms with Gasteiger partial charge in [0.05, 0.1) is 13.0 Å². The quantitative estimate of drug-likeness (QED) is 0.789. The van der Waals surface area contributed by atoms with Crippen LogP contribution in [0.15, 0.2) is 42.5 Å². The van der Waals surface area contributed by atoms with E-state index < -0.39 is 0 Å². The third kappa shape index (κ3) is 4.89. The van der Waals surface area contributed by atoms with Crippen molar-refractivity contribution in [2.75, 3.05) is 13.2 Å². The van der Waals surface area contributed by atoms with E-state index in [4.69, 9.17) is 9.84 Å². The Balaban J connectivity index is 1.66. The van der Waals surface area contributed by atoms with Gasteiger partial charge in [0.25, 0.3) is 0 Å². The number of aliphatic hydroxyl groups is 1. The summed E-state index contributed by atoms with van der Waals surface area (Å²) in [6.45, 7) is 6.81. The molecule has 0 radical (unpaired) electrons. The van der Waals surface area contributed by atoms with E-state index in [0.29, 0.717) is 18.9 Å². The fourth-order valence-corrected chi connectivity index (χ4v) is 3.68. The molecule has 1 aliphatic heterocycles. The average Bonchev–Trinajstić information content (AvgIpc) is 2.95. The molecule has 1 heterocycles. The molecule has 1 aliphatic rings. The van der Waals surface area contributed by atoms with Crippen LogP contribution in [0.2, 0.25) is 0 Å². The van der Waals surface area contributed by atoms with Crippen molar-refractivity contribution < 1.29 is 14.6 Å². The number of aliphatic hydroxyl groups excluding tert-OH is 1. The van der Waals surface area contributed by atoms with E-state index in [0.717, 1.165) is 29.7 Å². The predicted molar refractivity (Wildman–Crippen MR) is 107 cm³/mol. The van der Waals surface area contributed by atoms with Crippen molar-refractivity contribution in [3.05, 3.63) is 64.7 Å². The number of carbonyl (C=O) groups is 1. The predicted octanol–water partition coefficient (Wildman–Crippen LogP) is 3.40. The minimum atomic E-state index is -0.264. The van der Waals surface area contributed by atoms with Gasteiger partial charge in [-0.05, 0) is 41.2 Å². The largest absolute Gasteiger partial charge is 0.487 e. The van der Waals surface area contributed by atoms with Gasteiger partial charge >= 0.3 is 0 Å². The number of hydrogen-bond acceptors (Lipinski definition) is 3. The molecule has 2 aromatic rings. The van der Waals surface area contributed by atoms with Crippen LogP contribution in [0.4, 0.5) is 0 Å². The molecule has 0 aliphatic carbocycles. The van der Waals surface area contributed by atoms with Crippen molar-refractivity contribution in [1.82, 2.24) is 5.32 Å². The molecule has 0 spiro atoms. The van der Waals surface area contributed by atoms with Crippen LogP contribution in [0.3, 0.4) is 0 Å². The lowest BCUT2D eigenvalue weighted by Crippen LogP contribution is -2.32. The van der Waals surface area contributed by atoms with E-state index in [1.165, 1.54) is 11.1 Å². The van der Waals surface area contributed by atoms with Crippen molar-refractivity contribution in [2.45, 2.75) is 51.6 Å². The Kier molecular flexibility index (Phi) is 5.85. The zero-order valence-electron chi connectivity index (χ0n) is 16.4. The molecular weight excluding hydrogens is 338 g/mol. The Morgan fingerprint density at radius 2 is 1.89 bits per heavy atom. The molecule has 0 bridgehead atoms. The number of rotatable bonds is 7. The Hall–Kier alpha value is -2.33. The van der Waals surface area contributed by atoms with Gasteiger partial charge in [0.1, 0.15) is 11.4 Å². The maximum atomic E-state index is 11.9. The van der Waals surface area contributed by atoms with Gasteiger partial charge in [-0.1, -0.05) is 50.2 Å². The molecule has 0 saturated carbocycles. The van der Waals surface area contributed by atoms with Crippen LogP contribution >= 0.6 is 0 Å². The molecule has 0 saturated heterocycles. The summed E-state index contributed by atoms with van der Waals surface area (Å²) in [5, 5.41) is 11.5. The van der Waals surface area contributed by atoms with Crippen LogP contribution < -0.4 is 10.1 Å². The molecule has 3 rings (SSSR count). The first-order valence-electron chi connectivity index (χ1n) is 9.66. The molecule has 2 N–H and O–H groups in total. The number of ether oxygens (including phenoxy) is 1. The summed E-state index contributed by atoms with van der Waals surface area (Å²) in [5.74, 6) is 1.38. The Morgan fingerprint density at radius 3 is 2.56 bits per heavy atom. The highest BCUT2D eigenvalue weighted by molar-refractivity contribution is 5.78. The van der Waals surface area contributed by atoms with Crippen LogP contribution in [-0.4, -0.2) is 29.8 Å². The number of benzene rings is 2. The maximum absolute atomic E-state index is 11.9. The first kappa shape index (κ1) is 19.4. The van der Waals surface area contributed by atoms with Crippen LogP contribution in [0.5, 0.6) is 5.75 Å². The van der Waals surface area contributed by atoms with Crippen LogP contribution in [0.25, 0.3) is 0 Å². The lowest BCUT2D eigenvalue weighted by Gasteiger charge is -2.24. The normalized spacial score (nSPS) is 18.3. The van der Waals surface area contributed by atoms with E-state index in [1.807, 2.05) is 12.1 Å². The molecule has 2 aromatic carbocycles. The second kappa shape index (κ2) is 8.13. The Morgan fingerprint density at radius 1 is 1.19 bits per heavy atom. The van der Waals surface area contributed by atoms with Crippen molar-refractivity contribution in [3.63, 3.8) is 0 Å². The highest BCUT2D eigenvalue weighted by Crippen LogP contribution is 2.37. The summed E-state index contributed by atoms with van der Waals surface area (Å²) >= 11 is 0. The third-order valence-electron chi connectivity index (χ3n) is 5.07. The second-order valence-corrected chi connectivity index (χ2v) is 7.99. The minimum absolute atomic E-state index is 0.0414. The van der Waals surface area contributed by atoms with Gasteiger partial charge in [0.2, 0.25) is 5.91 Å². The smallest absolute Gasteiger partial charge is 0.224 e. The zero-order valence-corrected chi connectivity index (χ0v) is 16.4. The average molecular weight is 367 g/mol. The summed E-state index contributed by atoms with van der Waals surface area (Å²) in [4.78, 5) is 11.9. The number of nitrogens with one attached hydrogen (secondary N) is 1. The summed E-state index contributed by atoms with van der Waals surface area (Å²) in [6, 6.07) is 14.8. The van der Waals surface area contributed by atoms with Gasteiger partial charge in [0, 0.05) is 19.4 Å². The first-order valence-corrected chi connectivity index (χ1v) is 9.66. The number of fused-ring (bicyclic) bond motifs is 1. The van der Waals surface area contributed by atoms with Gasteiger partial charge < -0.3 is 15.2 Å². The highest BCUT2D eigenvalue weighted by Gasteiger charge is 2.35. The van der Waals surface area contributed by atoms with E-state index >= 15 is 0 Å². The standard InChI is InChI=1S/C23H29NO3/c1-16(2)19-7-4-17(5-8-19)14-23(3)15-20-12-18(6-9-21(20)27-23)13-22(26)24-10-11-25/h4-9,12,16,25H,10-11,13-15H2,1-3H3,(H,24,26)/t23-/m1/s1. The minimum Gasteiger partial charge on any atom is -0.487 e. The molecule has 0 aromatic heterocycles. The van der Waals surface area contributed by atoms with Gasteiger partial charge in [0.15, 0.2) is 0 Å². The van der Waals surface area contributed by atoms with Crippen LogP contribution in [0, 0.1) is 0 Å². The van der Waals surface area contributed by atoms with E-state index in [2.05, 4.69) is 56.4 Å². The lowest BCUT2D eigenvalue weighted by atomic mass is 9.90. The maximum Gasteiger partial charge on any atom is 0.224 e. The van der Waals surface area contributed by atoms with E-state index in [9.17, 15) is 4.79 Å². The highest BCUT2D eigenvalue weighted by atomic mass is 16.5. The van der Waals surface area contributed by atoms with E-state index in [1.54, 1.807) is 0 Å². The van der Waals surface area contributed by atoms with Gasteiger partial charge in [-0.2, -0.15) is 0 Å². The summed E-state index contributed by atoms with van der Waals surface area (Å²) < 4.78 is 6.27. The monoisotopic (exact) mass is 367 g/mol. The molecule has 0 unspecified atom stereocenters. The summed E-state index contributed by atoms with van der Waals surface area (Å²) in [6.07, 6.45) is 2.01. The topological polar surface area (TPSA) is 58.6 Å². The second-order valence-electron chi connectivity index (χ2n) is 7.99. The number of amides is 1. The summed E-state index contributed by atoms with van der Waals surface area (Å²) in [5.41, 5.74) is 4.49. The van der Waals surface area contributed by atoms with E-state index in [-0.39, 0.29) is 18.1 Å². The molecule has 1 amide bonds. The first-order chi connectivity index (χ1) is 12.9. The molecule has 1 atom stereocenters. The zero-order chi connectivity index (χ0) is 19.4. The van der Waals surface area contributed by atoms with Gasteiger partial charge in [-0.3, -0.25) is 4.79 Å². The van der Waals surface area contributed by atoms with Gasteiger partial charge in [-0.15, -0.1) is 0 Å². The molecule has 27 heavy (non-hydrogen) atoms. The fourth-order valence-electron chi connectivity index (χ4n) is 3.68. The van der Waals surface area contributed by atoms with Gasteiger partial charge in [-0.25, -0.2) is 0 Å². The Labute approximate surface area is 161 Å². The van der Waals surface area contributed by atoms with Crippen LogP contribution in [0.1, 0.15) is 48.9 Å². The third-order valence-corrected chi connectivity index (χ3v) is 5.07. The molecule has 144 valence electrons. The molecule has 0 fully saturated rings. The molecule has 4 nitrogen and oxygen atoms in total. The molecular formula is C23H29NO3. The van der Waals surface area contributed by atoms with Crippen molar-refractivity contribution >= 4 is 5.91 Å². The van der Waals surface area contributed by atoms with Crippen LogP contribution in [-0.2, 0) is 24.1 Å². The van der Waals surface area contributed by atoms with Crippen molar-refractivity contribution in [2.24, 2.45) is 0 Å². The Bertz CT molecular complexity index is 798.